The molecule has 1 aliphatic rings. The van der Waals surface area contributed by atoms with Gasteiger partial charge in [-0.1, -0.05) is 19.3 Å². The molecule has 0 spiro atoms. The van der Waals surface area contributed by atoms with Crippen molar-refractivity contribution >= 4 is 11.6 Å². The first-order valence-electron chi connectivity index (χ1n) is 8.97. The van der Waals surface area contributed by atoms with Crippen molar-refractivity contribution in [3.05, 3.63) is 12.1 Å². The number of rotatable bonds is 8. The highest BCUT2D eigenvalue weighted by atomic mass is 16.5. The molecule has 0 aromatic heterocycles. The first-order valence-corrected chi connectivity index (χ1v) is 8.97. The summed E-state index contributed by atoms with van der Waals surface area (Å²) in [4.78, 5) is 14.7. The molecule has 6 heteroatoms. The molecule has 0 aliphatic heterocycles. The van der Waals surface area contributed by atoms with Gasteiger partial charge >= 0.3 is 0 Å². The Morgan fingerprint density at radius 2 is 1.68 bits per heavy atom. The maximum atomic E-state index is 12.7. The van der Waals surface area contributed by atoms with Gasteiger partial charge in [0.05, 0.1) is 27.9 Å². The molecule has 0 unspecified atom stereocenters. The average molecular weight is 350 g/mol. The molecule has 1 amide bonds. The minimum Gasteiger partial charge on any atom is -0.493 e. The van der Waals surface area contributed by atoms with Crippen LogP contribution in [0.15, 0.2) is 12.1 Å². The van der Waals surface area contributed by atoms with E-state index in [9.17, 15) is 4.79 Å². The predicted octanol–water partition coefficient (Wildman–Crippen LogP) is 3.31. The Kier molecular flexibility index (Phi) is 7.22. The van der Waals surface area contributed by atoms with Crippen molar-refractivity contribution in [3.63, 3.8) is 0 Å². The molecule has 1 fully saturated rings. The van der Waals surface area contributed by atoms with Crippen molar-refractivity contribution in [1.29, 1.82) is 0 Å². The standard InChI is InChI=1S/C19H30N2O4/c1-5-21(15-9-7-6-8-10-15)18(22)13-20-14-11-16(23-2)19(25-4)17(12-14)24-3/h11-12,15,20H,5-10,13H2,1-4H3. The molecule has 1 aromatic rings. The van der Waals surface area contributed by atoms with Gasteiger partial charge in [0.2, 0.25) is 11.7 Å². The number of carbonyl (C=O) groups excluding carboxylic acids is 1. The second-order valence-electron chi connectivity index (χ2n) is 6.24. The third kappa shape index (κ3) is 4.71. The molecular weight excluding hydrogens is 320 g/mol. The van der Waals surface area contributed by atoms with Crippen LogP contribution in [0.1, 0.15) is 39.0 Å². The maximum absolute atomic E-state index is 12.7. The van der Waals surface area contributed by atoms with Crippen LogP contribution in [0.2, 0.25) is 0 Å². The molecule has 6 nitrogen and oxygen atoms in total. The SMILES string of the molecule is CCN(C(=O)CNc1cc(OC)c(OC)c(OC)c1)C1CCCCC1. The Labute approximate surface area is 150 Å². The number of likely N-dealkylation sites (N-methyl/N-ethyl adjacent to an activating group) is 1. The zero-order chi connectivity index (χ0) is 18.2. The monoisotopic (exact) mass is 350 g/mol. The van der Waals surface area contributed by atoms with Gasteiger partial charge in [-0.15, -0.1) is 0 Å². The Bertz CT molecular complexity index is 546. The molecule has 25 heavy (non-hydrogen) atoms. The van der Waals surface area contributed by atoms with Crippen LogP contribution in [0.25, 0.3) is 0 Å². The second kappa shape index (κ2) is 9.39. The minimum atomic E-state index is 0.128. The van der Waals surface area contributed by atoms with E-state index in [-0.39, 0.29) is 12.5 Å². The van der Waals surface area contributed by atoms with Crippen molar-refractivity contribution in [2.24, 2.45) is 0 Å². The number of methoxy groups -OCH3 is 3. The van der Waals surface area contributed by atoms with Crippen molar-refractivity contribution in [3.8, 4) is 17.2 Å². The fraction of sp³-hybridized carbons (Fsp3) is 0.632. The number of nitrogens with one attached hydrogen (secondary N) is 1. The summed E-state index contributed by atoms with van der Waals surface area (Å²) in [5.74, 6) is 1.80. The largest absolute Gasteiger partial charge is 0.493 e. The van der Waals surface area contributed by atoms with Crippen LogP contribution < -0.4 is 19.5 Å². The Morgan fingerprint density at radius 1 is 1.08 bits per heavy atom. The maximum Gasteiger partial charge on any atom is 0.242 e. The molecule has 1 aliphatic carbocycles. The van der Waals surface area contributed by atoms with Gasteiger partial charge in [0.15, 0.2) is 11.5 Å². The van der Waals surface area contributed by atoms with Crippen LogP contribution in [0.5, 0.6) is 17.2 Å². The summed E-state index contributed by atoms with van der Waals surface area (Å²) in [5, 5.41) is 3.19. The van der Waals surface area contributed by atoms with Crippen molar-refractivity contribution in [2.75, 3.05) is 39.7 Å². The lowest BCUT2D eigenvalue weighted by Crippen LogP contribution is -2.43. The highest BCUT2D eigenvalue weighted by molar-refractivity contribution is 5.81. The van der Waals surface area contributed by atoms with Gasteiger partial charge in [-0.2, -0.15) is 0 Å². The van der Waals surface area contributed by atoms with Gasteiger partial charge in [0.1, 0.15) is 0 Å². The Morgan fingerprint density at radius 3 is 2.16 bits per heavy atom. The van der Waals surface area contributed by atoms with Crippen LogP contribution in [0, 0.1) is 0 Å². The van der Waals surface area contributed by atoms with Crippen LogP contribution in [-0.4, -0.2) is 51.3 Å². The normalized spacial score (nSPS) is 14.7. The summed E-state index contributed by atoms with van der Waals surface area (Å²) in [6, 6.07) is 4.00. The lowest BCUT2D eigenvalue weighted by atomic mass is 9.94. The number of hydrogen-bond donors (Lipinski definition) is 1. The first-order chi connectivity index (χ1) is 12.1. The smallest absolute Gasteiger partial charge is 0.242 e. The number of ether oxygens (including phenoxy) is 3. The lowest BCUT2D eigenvalue weighted by Gasteiger charge is -2.33. The fourth-order valence-electron chi connectivity index (χ4n) is 3.49. The third-order valence-electron chi connectivity index (χ3n) is 4.78. The molecule has 1 aromatic carbocycles. The second-order valence-corrected chi connectivity index (χ2v) is 6.24. The molecule has 0 atom stereocenters. The molecule has 1 N–H and O–H groups in total. The van der Waals surface area contributed by atoms with Gasteiger partial charge in [0.25, 0.3) is 0 Å². The molecule has 0 saturated heterocycles. The highest BCUT2D eigenvalue weighted by Crippen LogP contribution is 2.39. The number of nitrogens with zero attached hydrogens (tertiary/aromatic N) is 1. The minimum absolute atomic E-state index is 0.128. The summed E-state index contributed by atoms with van der Waals surface area (Å²) in [6.07, 6.45) is 5.95. The molecule has 0 bridgehead atoms. The number of amides is 1. The quantitative estimate of drug-likeness (QED) is 0.779. The van der Waals surface area contributed by atoms with Crippen LogP contribution in [-0.2, 0) is 4.79 Å². The zero-order valence-corrected chi connectivity index (χ0v) is 15.8. The van der Waals surface area contributed by atoms with Crippen molar-refractivity contribution < 1.29 is 19.0 Å². The summed E-state index contributed by atoms with van der Waals surface area (Å²) in [5.41, 5.74) is 0.766. The van der Waals surface area contributed by atoms with E-state index in [1.165, 1.54) is 19.3 Å². The van der Waals surface area contributed by atoms with E-state index >= 15 is 0 Å². The summed E-state index contributed by atoms with van der Waals surface area (Å²) in [6.45, 7) is 3.05. The lowest BCUT2D eigenvalue weighted by molar-refractivity contribution is -0.132. The van der Waals surface area contributed by atoms with Crippen molar-refractivity contribution in [1.82, 2.24) is 4.90 Å². The van der Waals surface area contributed by atoms with E-state index in [1.807, 2.05) is 24.0 Å². The van der Waals surface area contributed by atoms with E-state index in [0.717, 1.165) is 25.1 Å². The third-order valence-corrected chi connectivity index (χ3v) is 4.78. The summed E-state index contributed by atoms with van der Waals surface area (Å²) >= 11 is 0. The molecular formula is C19H30N2O4. The topological polar surface area (TPSA) is 60.0 Å². The fourth-order valence-corrected chi connectivity index (χ4v) is 3.49. The molecule has 140 valence electrons. The van der Waals surface area contributed by atoms with Gasteiger partial charge in [-0.05, 0) is 19.8 Å². The van der Waals surface area contributed by atoms with E-state index in [0.29, 0.717) is 23.3 Å². The Hall–Kier alpha value is -2.11. The Balaban J connectivity index is 2.05. The van der Waals surface area contributed by atoms with Crippen LogP contribution >= 0.6 is 0 Å². The number of hydrogen-bond acceptors (Lipinski definition) is 5. The summed E-state index contributed by atoms with van der Waals surface area (Å²) < 4.78 is 16.0. The van der Waals surface area contributed by atoms with E-state index in [2.05, 4.69) is 5.32 Å². The average Bonchev–Trinajstić information content (AvgIpc) is 2.66. The van der Waals surface area contributed by atoms with Gasteiger partial charge in [0, 0.05) is 30.4 Å². The van der Waals surface area contributed by atoms with Crippen molar-refractivity contribution in [2.45, 2.75) is 45.1 Å². The number of anilines is 1. The first kappa shape index (κ1) is 19.2. The number of carbonyl (C=O) groups is 1. The number of benzene rings is 1. The van der Waals surface area contributed by atoms with E-state index < -0.39 is 0 Å². The predicted molar refractivity (Wildman–Crippen MR) is 98.8 cm³/mol. The molecule has 2 rings (SSSR count). The molecule has 1 saturated carbocycles. The zero-order valence-electron chi connectivity index (χ0n) is 15.8. The van der Waals surface area contributed by atoms with Gasteiger partial charge in [-0.3, -0.25) is 4.79 Å². The van der Waals surface area contributed by atoms with E-state index in [4.69, 9.17) is 14.2 Å². The van der Waals surface area contributed by atoms with Gasteiger partial charge < -0.3 is 24.4 Å². The molecule has 0 heterocycles. The molecule has 0 radical (unpaired) electrons. The highest BCUT2D eigenvalue weighted by Gasteiger charge is 2.24. The van der Waals surface area contributed by atoms with Crippen LogP contribution in [0.4, 0.5) is 5.69 Å². The van der Waals surface area contributed by atoms with Crippen LogP contribution in [0.3, 0.4) is 0 Å². The van der Waals surface area contributed by atoms with Gasteiger partial charge in [-0.25, -0.2) is 0 Å². The summed E-state index contributed by atoms with van der Waals surface area (Å²) in [7, 11) is 4.72. The van der Waals surface area contributed by atoms with E-state index in [1.54, 1.807) is 21.3 Å².